The number of phenolic OH excluding ortho intramolecular Hbond substituents is 1. The molecule has 0 unspecified atom stereocenters. The molecule has 4 aromatic rings. The Balaban J connectivity index is 1.77. The van der Waals surface area contributed by atoms with Gasteiger partial charge in [0.1, 0.15) is 29.7 Å². The molecule has 1 amide bonds. The van der Waals surface area contributed by atoms with Crippen molar-refractivity contribution < 1.29 is 23.4 Å². The summed E-state index contributed by atoms with van der Waals surface area (Å²) < 4.78 is 35.0. The number of phenols is 1. The van der Waals surface area contributed by atoms with E-state index in [-0.39, 0.29) is 23.7 Å². The number of ether oxygens (including phenoxy) is 1. The minimum atomic E-state index is -0.864. The number of carbonyl (C=O) groups is 1. The third-order valence-electron chi connectivity index (χ3n) is 5.10. The molecule has 0 fully saturated rings. The fourth-order valence-electron chi connectivity index (χ4n) is 3.52. The van der Waals surface area contributed by atoms with Crippen LogP contribution in [0, 0.1) is 18.6 Å². The molecule has 4 rings (SSSR count). The summed E-state index contributed by atoms with van der Waals surface area (Å²) in [5.74, 6) is -1.37. The molecule has 162 valence electrons. The van der Waals surface area contributed by atoms with Crippen molar-refractivity contribution in [1.29, 1.82) is 0 Å². The van der Waals surface area contributed by atoms with Crippen LogP contribution in [-0.4, -0.2) is 15.6 Å². The zero-order valence-electron chi connectivity index (χ0n) is 17.2. The molecule has 1 heterocycles. The molecule has 0 saturated heterocycles. The maximum atomic E-state index is 14.0. The van der Waals surface area contributed by atoms with Gasteiger partial charge in [-0.2, -0.15) is 0 Å². The van der Waals surface area contributed by atoms with E-state index in [2.05, 4.69) is 0 Å². The zero-order valence-corrected chi connectivity index (χ0v) is 17.2. The number of amides is 1. The van der Waals surface area contributed by atoms with E-state index < -0.39 is 11.7 Å². The lowest BCUT2D eigenvalue weighted by atomic mass is 10.1. The van der Waals surface area contributed by atoms with E-state index in [4.69, 9.17) is 10.5 Å². The molecule has 0 aliphatic heterocycles. The molecule has 0 spiro atoms. The molecule has 0 saturated carbocycles. The lowest BCUT2D eigenvalue weighted by Crippen LogP contribution is -2.14. The van der Waals surface area contributed by atoms with E-state index in [1.807, 2.05) is 23.6 Å². The summed E-state index contributed by atoms with van der Waals surface area (Å²) in [6.07, 6.45) is 0. The number of primary amides is 1. The molecular weight excluding hydrogens is 414 g/mol. The van der Waals surface area contributed by atoms with Crippen LogP contribution in [0.25, 0.3) is 16.9 Å². The minimum absolute atomic E-state index is 0.0384. The first-order chi connectivity index (χ1) is 15.3. The fourth-order valence-corrected chi connectivity index (χ4v) is 3.52. The maximum Gasteiger partial charge on any atom is 0.251 e. The van der Waals surface area contributed by atoms with E-state index in [0.29, 0.717) is 22.7 Å². The Hall–Kier alpha value is -4.13. The molecule has 3 N–H and O–H groups in total. The number of halogens is 2. The molecule has 0 radical (unpaired) electrons. The highest BCUT2D eigenvalue weighted by Crippen LogP contribution is 2.36. The average Bonchev–Trinajstić information content (AvgIpc) is 3.15. The SMILES string of the molecule is Cc1ccc(-c2cc(O)ccc2OCc2ccc(F)cc2)n1-c1ccc(F)c(C(N)=O)c1. The Morgan fingerprint density at radius 1 is 1.00 bits per heavy atom. The van der Waals surface area contributed by atoms with Gasteiger partial charge in [-0.1, -0.05) is 12.1 Å². The van der Waals surface area contributed by atoms with Crippen molar-refractivity contribution >= 4 is 5.91 Å². The van der Waals surface area contributed by atoms with E-state index in [9.17, 15) is 18.7 Å². The summed E-state index contributed by atoms with van der Waals surface area (Å²) in [5.41, 5.74) is 8.47. The fraction of sp³-hybridized carbons (Fsp3) is 0.0800. The summed E-state index contributed by atoms with van der Waals surface area (Å²) in [4.78, 5) is 11.6. The van der Waals surface area contributed by atoms with E-state index in [1.54, 1.807) is 30.3 Å². The second-order valence-electron chi connectivity index (χ2n) is 7.32. The molecule has 5 nitrogen and oxygen atoms in total. The van der Waals surface area contributed by atoms with Gasteiger partial charge in [-0.3, -0.25) is 4.79 Å². The average molecular weight is 434 g/mol. The summed E-state index contributed by atoms with van der Waals surface area (Å²) in [5, 5.41) is 10.1. The van der Waals surface area contributed by atoms with Gasteiger partial charge in [0, 0.05) is 16.9 Å². The molecule has 1 aromatic heterocycles. The van der Waals surface area contributed by atoms with Gasteiger partial charge in [-0.05, 0) is 73.2 Å². The number of nitrogens with zero attached hydrogens (tertiary/aromatic N) is 1. The van der Waals surface area contributed by atoms with Crippen LogP contribution in [0.2, 0.25) is 0 Å². The van der Waals surface area contributed by atoms with Crippen molar-refractivity contribution in [3.05, 3.63) is 101 Å². The lowest BCUT2D eigenvalue weighted by molar-refractivity contribution is 0.0996. The van der Waals surface area contributed by atoms with Crippen LogP contribution >= 0.6 is 0 Å². The van der Waals surface area contributed by atoms with Gasteiger partial charge in [-0.15, -0.1) is 0 Å². The molecule has 0 aliphatic carbocycles. The molecule has 0 aliphatic rings. The summed E-state index contributed by atoms with van der Waals surface area (Å²) in [7, 11) is 0. The van der Waals surface area contributed by atoms with Gasteiger partial charge >= 0.3 is 0 Å². The van der Waals surface area contributed by atoms with Gasteiger partial charge in [0.05, 0.1) is 11.3 Å². The number of nitrogens with two attached hydrogens (primary N) is 1. The van der Waals surface area contributed by atoms with Crippen LogP contribution in [-0.2, 0) is 6.61 Å². The Labute approximate surface area is 183 Å². The predicted octanol–water partition coefficient (Wildman–Crippen LogP) is 5.11. The van der Waals surface area contributed by atoms with Crippen LogP contribution in [0.4, 0.5) is 8.78 Å². The molecular formula is C25H20F2N2O3. The molecule has 32 heavy (non-hydrogen) atoms. The first-order valence-electron chi connectivity index (χ1n) is 9.82. The van der Waals surface area contributed by atoms with Gasteiger partial charge in [0.25, 0.3) is 5.91 Å². The molecule has 0 atom stereocenters. The Kier molecular flexibility index (Phi) is 5.64. The number of aryl methyl sites for hydroxylation is 1. The second kappa shape index (κ2) is 8.55. The molecule has 3 aromatic carbocycles. The number of rotatable bonds is 6. The first-order valence-corrected chi connectivity index (χ1v) is 9.82. The first kappa shape index (κ1) is 21.1. The number of hydrogen-bond acceptors (Lipinski definition) is 3. The van der Waals surface area contributed by atoms with Crippen molar-refractivity contribution in [1.82, 2.24) is 4.57 Å². The molecule has 0 bridgehead atoms. The number of carbonyl (C=O) groups excluding carboxylic acids is 1. The van der Waals surface area contributed by atoms with Crippen LogP contribution < -0.4 is 10.5 Å². The van der Waals surface area contributed by atoms with Crippen LogP contribution in [0.3, 0.4) is 0 Å². The van der Waals surface area contributed by atoms with Gasteiger partial charge in [-0.25, -0.2) is 8.78 Å². The van der Waals surface area contributed by atoms with Gasteiger partial charge in [0.15, 0.2) is 0 Å². The third-order valence-corrected chi connectivity index (χ3v) is 5.10. The Bertz CT molecular complexity index is 1300. The topological polar surface area (TPSA) is 77.5 Å². The number of aromatic hydroxyl groups is 1. The third kappa shape index (κ3) is 4.18. The summed E-state index contributed by atoms with van der Waals surface area (Å²) in [6.45, 7) is 2.05. The van der Waals surface area contributed by atoms with Crippen molar-refractivity contribution in [3.63, 3.8) is 0 Å². The normalized spacial score (nSPS) is 10.8. The number of hydrogen-bond donors (Lipinski definition) is 2. The van der Waals surface area contributed by atoms with Gasteiger partial charge < -0.3 is 20.1 Å². The predicted molar refractivity (Wildman–Crippen MR) is 117 cm³/mol. The summed E-state index contributed by atoms with van der Waals surface area (Å²) >= 11 is 0. The smallest absolute Gasteiger partial charge is 0.251 e. The highest BCUT2D eigenvalue weighted by Gasteiger charge is 2.17. The van der Waals surface area contributed by atoms with E-state index >= 15 is 0 Å². The van der Waals surface area contributed by atoms with Crippen molar-refractivity contribution in [2.24, 2.45) is 5.73 Å². The van der Waals surface area contributed by atoms with E-state index in [1.165, 1.54) is 30.3 Å². The van der Waals surface area contributed by atoms with Crippen LogP contribution in [0.15, 0.2) is 72.8 Å². The zero-order chi connectivity index (χ0) is 22.8. The van der Waals surface area contributed by atoms with Crippen molar-refractivity contribution in [2.75, 3.05) is 0 Å². The van der Waals surface area contributed by atoms with Crippen LogP contribution in [0.1, 0.15) is 21.6 Å². The minimum Gasteiger partial charge on any atom is -0.508 e. The monoisotopic (exact) mass is 434 g/mol. The maximum absolute atomic E-state index is 14.0. The summed E-state index contributed by atoms with van der Waals surface area (Å²) in [6, 6.07) is 18.5. The largest absolute Gasteiger partial charge is 0.508 e. The van der Waals surface area contributed by atoms with Crippen molar-refractivity contribution in [3.8, 4) is 28.4 Å². The number of aromatic nitrogens is 1. The van der Waals surface area contributed by atoms with E-state index in [0.717, 1.165) is 11.3 Å². The van der Waals surface area contributed by atoms with Gasteiger partial charge in [0.2, 0.25) is 0 Å². The highest BCUT2D eigenvalue weighted by molar-refractivity contribution is 5.93. The Morgan fingerprint density at radius 2 is 1.75 bits per heavy atom. The highest BCUT2D eigenvalue weighted by atomic mass is 19.1. The quantitative estimate of drug-likeness (QED) is 0.443. The number of benzene rings is 3. The second-order valence-corrected chi connectivity index (χ2v) is 7.32. The van der Waals surface area contributed by atoms with Crippen molar-refractivity contribution in [2.45, 2.75) is 13.5 Å². The lowest BCUT2D eigenvalue weighted by Gasteiger charge is -2.17. The Morgan fingerprint density at radius 3 is 2.47 bits per heavy atom. The van der Waals surface area contributed by atoms with Crippen LogP contribution in [0.5, 0.6) is 11.5 Å². The molecule has 7 heteroatoms. The standard InChI is InChI=1S/C25H20F2N2O3/c1-15-2-10-23(29(15)18-7-9-22(27)20(12-18)25(28)31)21-13-19(30)8-11-24(21)32-14-16-3-5-17(26)6-4-16/h2-13,30H,14H2,1H3,(H2,28,31).